The van der Waals surface area contributed by atoms with E-state index in [2.05, 4.69) is 0 Å². The monoisotopic (exact) mass is 397 g/mol. The molecule has 0 unspecified atom stereocenters. The predicted molar refractivity (Wildman–Crippen MR) is 94.0 cm³/mol. The molecule has 0 saturated heterocycles. The van der Waals surface area contributed by atoms with E-state index in [0.29, 0.717) is 10.3 Å². The van der Waals surface area contributed by atoms with Crippen LogP contribution in [0.25, 0.3) is 10.3 Å². The Balaban J connectivity index is 2.10. The van der Waals surface area contributed by atoms with Gasteiger partial charge in [0.1, 0.15) is 16.4 Å². The van der Waals surface area contributed by atoms with Crippen molar-refractivity contribution >= 4 is 42.6 Å². The largest absolute Gasteiger partial charge is 0.477 e. The number of fused-ring (bicyclic) bond motifs is 1. The highest BCUT2D eigenvalue weighted by molar-refractivity contribution is 7.93. The fourth-order valence-electron chi connectivity index (χ4n) is 2.33. The molecule has 1 N–H and O–H groups in total. The maximum absolute atomic E-state index is 13.6. The van der Waals surface area contributed by atoms with Gasteiger partial charge in [-0.3, -0.25) is 4.31 Å². The number of anilines is 1. The Morgan fingerprint density at radius 3 is 2.54 bits per heavy atom. The van der Waals surface area contributed by atoms with Crippen molar-refractivity contribution in [2.45, 2.75) is 11.8 Å². The van der Waals surface area contributed by atoms with Gasteiger partial charge in [0.25, 0.3) is 10.0 Å². The Hall–Kier alpha value is -2.72. The van der Waals surface area contributed by atoms with Gasteiger partial charge in [0.2, 0.25) is 0 Å². The second kappa shape index (κ2) is 6.22. The van der Waals surface area contributed by atoms with Gasteiger partial charge < -0.3 is 9.52 Å². The number of halogens is 1. The standard InChI is InChI=1S/C16H12FNO6S2/c1-8-3-9(17)5-10(4-8)26(22,23)18(2)14-7-12-13(25-14)6-11(15(19)20)16(21)24-12/h3-7H,1-2H3,(H,19,20). The number of rotatable bonds is 4. The number of hydrogen-bond donors (Lipinski definition) is 1. The number of aryl methyl sites for hydroxylation is 1. The van der Waals surface area contributed by atoms with Gasteiger partial charge in [-0.1, -0.05) is 0 Å². The van der Waals surface area contributed by atoms with Gasteiger partial charge in [-0.2, -0.15) is 0 Å². The van der Waals surface area contributed by atoms with Crippen molar-refractivity contribution in [1.29, 1.82) is 0 Å². The summed E-state index contributed by atoms with van der Waals surface area (Å²) in [6.07, 6.45) is 0. The van der Waals surface area contributed by atoms with Crippen molar-refractivity contribution in [3.8, 4) is 0 Å². The highest BCUT2D eigenvalue weighted by Gasteiger charge is 2.25. The maximum Gasteiger partial charge on any atom is 0.351 e. The third-order valence-electron chi connectivity index (χ3n) is 3.62. The minimum absolute atomic E-state index is 0.0671. The molecular formula is C16H12FNO6S2. The summed E-state index contributed by atoms with van der Waals surface area (Å²) in [7, 11) is -2.78. The minimum atomic E-state index is -4.05. The molecule has 0 radical (unpaired) electrons. The number of aromatic carboxylic acids is 1. The van der Waals surface area contributed by atoms with Crippen LogP contribution in [0.4, 0.5) is 9.39 Å². The molecule has 0 bridgehead atoms. The molecule has 2 aromatic heterocycles. The zero-order valence-corrected chi connectivity index (χ0v) is 15.1. The quantitative estimate of drug-likeness (QED) is 0.726. The molecule has 1 aromatic carbocycles. The lowest BCUT2D eigenvalue weighted by Gasteiger charge is -2.17. The van der Waals surface area contributed by atoms with Crippen molar-refractivity contribution < 1.29 is 27.1 Å². The number of carbonyl (C=O) groups is 1. The fraction of sp³-hybridized carbons (Fsp3) is 0.125. The molecule has 3 rings (SSSR count). The lowest BCUT2D eigenvalue weighted by molar-refractivity contribution is 0.0692. The summed E-state index contributed by atoms with van der Waals surface area (Å²) < 4.78 is 45.2. The SMILES string of the molecule is Cc1cc(F)cc(S(=O)(=O)N(C)c2cc3oc(=O)c(C(=O)O)cc3s2)c1. The average Bonchev–Trinajstić information content (AvgIpc) is 2.94. The van der Waals surface area contributed by atoms with E-state index in [1.54, 1.807) is 6.92 Å². The van der Waals surface area contributed by atoms with E-state index < -0.39 is 33.0 Å². The molecule has 0 atom stereocenters. The molecule has 136 valence electrons. The molecule has 7 nitrogen and oxygen atoms in total. The lowest BCUT2D eigenvalue weighted by atomic mass is 10.2. The molecule has 0 aliphatic heterocycles. The third-order valence-corrected chi connectivity index (χ3v) is 6.63. The van der Waals surface area contributed by atoms with E-state index in [0.717, 1.165) is 27.8 Å². The average molecular weight is 397 g/mol. The number of carboxylic acid groups (broad SMARTS) is 1. The van der Waals surface area contributed by atoms with Crippen LogP contribution in [0.3, 0.4) is 0 Å². The van der Waals surface area contributed by atoms with Crippen molar-refractivity contribution in [3.63, 3.8) is 0 Å². The molecule has 0 saturated carbocycles. The first-order chi connectivity index (χ1) is 12.1. The Labute approximate surface area is 151 Å². The second-order valence-corrected chi connectivity index (χ2v) is 8.53. The highest BCUT2D eigenvalue weighted by Crippen LogP contribution is 2.34. The molecule has 0 amide bonds. The van der Waals surface area contributed by atoms with E-state index in [1.807, 2.05) is 0 Å². The van der Waals surface area contributed by atoms with E-state index in [-0.39, 0.29) is 15.5 Å². The molecule has 3 aromatic rings. The molecule has 0 spiro atoms. The van der Waals surface area contributed by atoms with Crippen molar-refractivity contribution in [1.82, 2.24) is 0 Å². The molecule has 10 heteroatoms. The van der Waals surface area contributed by atoms with E-state index in [4.69, 9.17) is 9.52 Å². The Bertz CT molecular complexity index is 1170. The van der Waals surface area contributed by atoms with Gasteiger partial charge in [0, 0.05) is 13.1 Å². The summed E-state index contributed by atoms with van der Waals surface area (Å²) in [6, 6.07) is 5.90. The summed E-state index contributed by atoms with van der Waals surface area (Å²) in [5.41, 5.74) is -1.05. The first-order valence-electron chi connectivity index (χ1n) is 7.16. The van der Waals surface area contributed by atoms with Gasteiger partial charge in [-0.05, 0) is 36.8 Å². The van der Waals surface area contributed by atoms with Crippen LogP contribution in [-0.4, -0.2) is 26.5 Å². The van der Waals surface area contributed by atoms with Crippen LogP contribution in [-0.2, 0) is 10.0 Å². The van der Waals surface area contributed by atoms with Crippen LogP contribution >= 0.6 is 11.3 Å². The smallest absolute Gasteiger partial charge is 0.351 e. The van der Waals surface area contributed by atoms with Gasteiger partial charge in [-0.25, -0.2) is 22.4 Å². The predicted octanol–water partition coefficient (Wildman–Crippen LogP) is 2.83. The second-order valence-electron chi connectivity index (χ2n) is 5.50. The number of nitrogens with zero attached hydrogens (tertiary/aromatic N) is 1. The number of thiophene rings is 1. The van der Waals surface area contributed by atoms with Gasteiger partial charge >= 0.3 is 11.6 Å². The zero-order valence-electron chi connectivity index (χ0n) is 13.5. The minimum Gasteiger partial charge on any atom is -0.477 e. The maximum atomic E-state index is 13.6. The third kappa shape index (κ3) is 3.08. The van der Waals surface area contributed by atoms with Crippen LogP contribution in [0.15, 0.2) is 44.4 Å². The van der Waals surface area contributed by atoms with E-state index in [1.165, 1.54) is 25.2 Å². The molecular weight excluding hydrogens is 385 g/mol. The van der Waals surface area contributed by atoms with E-state index in [9.17, 15) is 22.4 Å². The Morgan fingerprint density at radius 1 is 1.23 bits per heavy atom. The van der Waals surface area contributed by atoms with Crippen LogP contribution < -0.4 is 9.93 Å². The molecule has 0 fully saturated rings. The summed E-state index contributed by atoms with van der Waals surface area (Å²) in [4.78, 5) is 22.4. The summed E-state index contributed by atoms with van der Waals surface area (Å²) >= 11 is 0.933. The molecule has 2 heterocycles. The van der Waals surface area contributed by atoms with Gasteiger partial charge in [0.05, 0.1) is 9.60 Å². The van der Waals surface area contributed by atoms with Gasteiger partial charge in [-0.15, -0.1) is 11.3 Å². The van der Waals surface area contributed by atoms with Crippen LogP contribution in [0.5, 0.6) is 0 Å². The molecule has 0 aliphatic rings. The van der Waals surface area contributed by atoms with Crippen LogP contribution in [0.1, 0.15) is 15.9 Å². The van der Waals surface area contributed by atoms with Crippen molar-refractivity contribution in [3.05, 3.63) is 57.7 Å². The van der Waals surface area contributed by atoms with E-state index >= 15 is 0 Å². The molecule has 0 aliphatic carbocycles. The number of benzene rings is 1. The summed E-state index contributed by atoms with van der Waals surface area (Å²) in [5, 5.41) is 9.16. The first kappa shape index (κ1) is 18.1. The molecule has 26 heavy (non-hydrogen) atoms. The highest BCUT2D eigenvalue weighted by atomic mass is 32.2. The summed E-state index contributed by atoms with van der Waals surface area (Å²) in [5.74, 6) is -2.11. The lowest BCUT2D eigenvalue weighted by Crippen LogP contribution is -2.25. The Kier molecular flexibility index (Phi) is 4.32. The first-order valence-corrected chi connectivity index (χ1v) is 9.42. The Morgan fingerprint density at radius 2 is 1.92 bits per heavy atom. The van der Waals surface area contributed by atoms with Gasteiger partial charge in [0.15, 0.2) is 5.58 Å². The number of sulfonamides is 1. The fourth-order valence-corrected chi connectivity index (χ4v) is 4.84. The number of carboxylic acids is 1. The number of hydrogen-bond acceptors (Lipinski definition) is 6. The topological polar surface area (TPSA) is 105 Å². The van der Waals surface area contributed by atoms with Crippen molar-refractivity contribution in [2.24, 2.45) is 0 Å². The van der Waals surface area contributed by atoms with Crippen LogP contribution in [0.2, 0.25) is 0 Å². The zero-order chi connectivity index (χ0) is 19.2. The van der Waals surface area contributed by atoms with Crippen LogP contribution in [0, 0.1) is 12.7 Å². The normalized spacial score (nSPS) is 11.7. The summed E-state index contributed by atoms with van der Waals surface area (Å²) in [6.45, 7) is 1.57. The van der Waals surface area contributed by atoms with Crippen molar-refractivity contribution in [2.75, 3.05) is 11.4 Å².